The van der Waals surface area contributed by atoms with Gasteiger partial charge in [-0.3, -0.25) is 4.79 Å². The number of carbonyl (C=O) groups is 1. The summed E-state index contributed by atoms with van der Waals surface area (Å²) in [5.41, 5.74) is 3.13. The highest BCUT2D eigenvalue weighted by Gasteiger charge is 2.44. The van der Waals surface area contributed by atoms with E-state index < -0.39 is 67.4 Å². The van der Waals surface area contributed by atoms with E-state index in [4.69, 9.17) is 28.9 Å². The summed E-state index contributed by atoms with van der Waals surface area (Å²) in [6.07, 6.45) is -12.9. The van der Waals surface area contributed by atoms with Crippen molar-refractivity contribution in [3.8, 4) is 0 Å². The van der Waals surface area contributed by atoms with Gasteiger partial charge in [0.15, 0.2) is 6.29 Å². The second kappa shape index (κ2) is 11.6. The van der Waals surface area contributed by atoms with Crippen LogP contribution in [0.3, 0.4) is 0 Å². The van der Waals surface area contributed by atoms with Crippen molar-refractivity contribution >= 4 is 28.0 Å². The molecule has 0 saturated carbocycles. The molecule has 2 saturated heterocycles. The van der Waals surface area contributed by atoms with Gasteiger partial charge >= 0.3 is 5.97 Å². The van der Waals surface area contributed by atoms with Crippen molar-refractivity contribution in [1.29, 1.82) is 0 Å². The fourth-order valence-electron chi connectivity index (χ4n) is 4.85. The Morgan fingerprint density at radius 1 is 0.725 bits per heavy atom. The van der Waals surface area contributed by atoms with Crippen molar-refractivity contribution in [2.75, 3.05) is 0 Å². The first-order chi connectivity index (χ1) is 19.0. The third-order valence-corrected chi connectivity index (χ3v) is 7.26. The number of para-hydroxylation sites is 2. The minimum atomic E-state index is -1.61. The zero-order valence-corrected chi connectivity index (χ0v) is 21.8. The van der Waals surface area contributed by atoms with Gasteiger partial charge in [-0.2, -0.15) is 0 Å². The Labute approximate surface area is 228 Å². The third kappa shape index (κ3) is 5.52. The first-order valence-corrected chi connectivity index (χ1v) is 12.9. The molecule has 3 aromatic rings. The van der Waals surface area contributed by atoms with Crippen molar-refractivity contribution in [2.24, 2.45) is 0 Å². The number of carbonyl (C=O) groups excluding carboxylic acids is 1. The predicted octanol–water partition coefficient (Wildman–Crippen LogP) is -0.960. The number of aromatic nitrogens is 2. The Morgan fingerprint density at radius 2 is 1.23 bits per heavy atom. The van der Waals surface area contributed by atoms with Crippen LogP contribution >= 0.6 is 0 Å². The largest absolute Gasteiger partial charge is 0.432 e. The predicted molar refractivity (Wildman–Crippen MR) is 136 cm³/mol. The number of benzene rings is 2. The van der Waals surface area contributed by atoms with Gasteiger partial charge in [-0.1, -0.05) is 24.3 Å². The molecule has 40 heavy (non-hydrogen) atoms. The quantitative estimate of drug-likeness (QED) is 0.159. The highest BCUT2D eigenvalue weighted by molar-refractivity contribution is 5.91. The SMILES string of the molecule is CC1OC(OCc2cccc3nc4c(CC(=O)OC5OC(C)C(O)C(O)C5O)cccc4nc23)C(O)C(O)C1O. The Hall–Kier alpha value is -2.85. The maximum Gasteiger partial charge on any atom is 0.312 e. The molecule has 0 radical (unpaired) electrons. The summed E-state index contributed by atoms with van der Waals surface area (Å²) < 4.78 is 21.8. The van der Waals surface area contributed by atoms with Crippen LogP contribution in [0.4, 0.5) is 0 Å². The standard InChI is InChI=1S/C27H32N2O11/c1-11-20(31)22(33)24(35)26(38-11)37-10-14-6-4-8-16-19(14)29-15-7-3-5-13(18(15)28-16)9-17(30)40-27-25(36)23(34)21(32)12(2)39-27/h3-8,11-12,20-27,31-36H,9-10H2,1-2H3. The monoisotopic (exact) mass is 560 g/mol. The smallest absolute Gasteiger partial charge is 0.312 e. The summed E-state index contributed by atoms with van der Waals surface area (Å²) in [7, 11) is 0. The average molecular weight is 561 g/mol. The number of aliphatic hydroxyl groups is 6. The van der Waals surface area contributed by atoms with Crippen LogP contribution in [0.15, 0.2) is 36.4 Å². The molecule has 10 atom stereocenters. The molecule has 2 aromatic carbocycles. The molecular formula is C27H32N2O11. The fourth-order valence-corrected chi connectivity index (χ4v) is 4.85. The van der Waals surface area contributed by atoms with Gasteiger partial charge in [-0.05, 0) is 31.5 Å². The number of rotatable bonds is 6. The lowest BCUT2D eigenvalue weighted by molar-refractivity contribution is -0.296. The Balaban J connectivity index is 1.34. The minimum absolute atomic E-state index is 0.0243. The Morgan fingerprint density at radius 3 is 1.82 bits per heavy atom. The molecule has 1 aromatic heterocycles. The van der Waals surface area contributed by atoms with Crippen molar-refractivity contribution in [2.45, 2.75) is 88.3 Å². The van der Waals surface area contributed by atoms with Crippen LogP contribution < -0.4 is 0 Å². The molecule has 13 heteroatoms. The van der Waals surface area contributed by atoms with Gasteiger partial charge in [-0.15, -0.1) is 0 Å². The van der Waals surface area contributed by atoms with Crippen molar-refractivity contribution in [3.63, 3.8) is 0 Å². The van der Waals surface area contributed by atoms with Crippen LogP contribution in [-0.2, 0) is 36.8 Å². The van der Waals surface area contributed by atoms with Crippen LogP contribution in [0.1, 0.15) is 25.0 Å². The van der Waals surface area contributed by atoms with Crippen molar-refractivity contribution < 1.29 is 54.4 Å². The molecule has 13 nitrogen and oxygen atoms in total. The summed E-state index contributed by atoms with van der Waals surface area (Å²) in [5, 5.41) is 60.1. The topological polar surface area (TPSA) is 201 Å². The van der Waals surface area contributed by atoms with E-state index in [1.54, 1.807) is 43.3 Å². The summed E-state index contributed by atoms with van der Waals surface area (Å²) in [5.74, 6) is -0.732. The van der Waals surface area contributed by atoms with E-state index in [-0.39, 0.29) is 13.0 Å². The summed E-state index contributed by atoms with van der Waals surface area (Å²) in [6, 6.07) is 10.4. The van der Waals surface area contributed by atoms with Gasteiger partial charge < -0.3 is 49.6 Å². The molecule has 0 amide bonds. The lowest BCUT2D eigenvalue weighted by Crippen LogP contribution is -2.57. The van der Waals surface area contributed by atoms with Gasteiger partial charge in [0, 0.05) is 5.56 Å². The molecule has 3 heterocycles. The number of ether oxygens (including phenoxy) is 4. The molecule has 2 aliphatic heterocycles. The van der Waals surface area contributed by atoms with Gasteiger partial charge in [0.2, 0.25) is 6.29 Å². The lowest BCUT2D eigenvalue weighted by atomic mass is 10.00. The van der Waals surface area contributed by atoms with Crippen LogP contribution in [0.2, 0.25) is 0 Å². The van der Waals surface area contributed by atoms with Gasteiger partial charge in [-0.25, -0.2) is 9.97 Å². The van der Waals surface area contributed by atoms with Gasteiger partial charge in [0.05, 0.1) is 47.3 Å². The minimum Gasteiger partial charge on any atom is -0.432 e. The maximum atomic E-state index is 12.7. The van der Waals surface area contributed by atoms with E-state index in [0.29, 0.717) is 33.2 Å². The first-order valence-electron chi connectivity index (χ1n) is 12.9. The maximum absolute atomic E-state index is 12.7. The number of hydrogen-bond donors (Lipinski definition) is 6. The highest BCUT2D eigenvalue weighted by atomic mass is 16.7. The van der Waals surface area contributed by atoms with E-state index in [0.717, 1.165) is 0 Å². The van der Waals surface area contributed by atoms with Crippen LogP contribution in [0.5, 0.6) is 0 Å². The van der Waals surface area contributed by atoms with Crippen molar-refractivity contribution in [3.05, 3.63) is 47.5 Å². The van der Waals surface area contributed by atoms with E-state index in [9.17, 15) is 35.4 Å². The van der Waals surface area contributed by atoms with E-state index >= 15 is 0 Å². The molecular weight excluding hydrogens is 528 g/mol. The highest BCUT2D eigenvalue weighted by Crippen LogP contribution is 2.27. The summed E-state index contributed by atoms with van der Waals surface area (Å²) in [6.45, 7) is 3.03. The van der Waals surface area contributed by atoms with Crippen LogP contribution in [0.25, 0.3) is 22.1 Å². The number of nitrogens with zero attached hydrogens (tertiary/aromatic N) is 2. The van der Waals surface area contributed by atoms with Gasteiger partial charge in [0.25, 0.3) is 0 Å². The molecule has 0 aliphatic carbocycles. The molecule has 5 rings (SSSR count). The molecule has 2 fully saturated rings. The number of fused-ring (bicyclic) bond motifs is 2. The molecule has 6 N–H and O–H groups in total. The summed E-state index contributed by atoms with van der Waals surface area (Å²) >= 11 is 0. The van der Waals surface area contributed by atoms with Crippen molar-refractivity contribution in [1.82, 2.24) is 9.97 Å². The Kier molecular flexibility index (Phi) is 8.29. The molecule has 0 spiro atoms. The second-order valence-corrected chi connectivity index (χ2v) is 10.1. The number of esters is 1. The molecule has 10 unspecified atom stereocenters. The van der Waals surface area contributed by atoms with E-state index in [1.165, 1.54) is 6.92 Å². The van der Waals surface area contributed by atoms with E-state index in [2.05, 4.69) is 0 Å². The van der Waals surface area contributed by atoms with Crippen LogP contribution in [-0.4, -0.2) is 108 Å². The van der Waals surface area contributed by atoms with E-state index in [1.807, 2.05) is 0 Å². The summed E-state index contributed by atoms with van der Waals surface area (Å²) in [4.78, 5) is 22.1. The zero-order chi connectivity index (χ0) is 28.7. The average Bonchev–Trinajstić information content (AvgIpc) is 2.94. The number of aliphatic hydroxyl groups excluding tert-OH is 6. The molecule has 216 valence electrons. The second-order valence-electron chi connectivity index (χ2n) is 10.1. The lowest BCUT2D eigenvalue weighted by Gasteiger charge is -2.38. The zero-order valence-electron chi connectivity index (χ0n) is 21.8. The number of hydrogen-bond acceptors (Lipinski definition) is 13. The Bertz CT molecular complexity index is 1370. The third-order valence-electron chi connectivity index (χ3n) is 7.26. The normalized spacial score (nSPS) is 34.7. The first kappa shape index (κ1) is 28.7. The van der Waals surface area contributed by atoms with Crippen LogP contribution in [0, 0.1) is 0 Å². The fraction of sp³-hybridized carbons (Fsp3) is 0.519. The van der Waals surface area contributed by atoms with Gasteiger partial charge in [0.1, 0.15) is 36.6 Å². The molecule has 2 aliphatic rings. The molecule has 0 bridgehead atoms.